The minimum absolute atomic E-state index is 0.000771. The molecule has 9 nitrogen and oxygen atoms in total. The smallest absolute Gasteiger partial charge is 0.334 e. The number of carbonyl (C=O) groups excluding carboxylic acids is 1. The Bertz CT molecular complexity index is 858. The Kier molecular flexibility index (Phi) is 5.84. The lowest BCUT2D eigenvalue weighted by Gasteiger charge is -2.31. The predicted octanol–water partition coefficient (Wildman–Crippen LogP) is 1.80. The van der Waals surface area contributed by atoms with E-state index in [2.05, 4.69) is 5.16 Å². The number of aliphatic carboxylic acids is 1. The number of hydrogen-bond acceptors (Lipinski definition) is 7. The molecule has 1 aliphatic heterocycles. The Balaban J connectivity index is 1.73. The van der Waals surface area contributed by atoms with Crippen molar-refractivity contribution >= 4 is 11.9 Å². The van der Waals surface area contributed by atoms with Gasteiger partial charge in [0, 0.05) is 12.1 Å². The monoisotopic (exact) mass is 390 g/mol. The van der Waals surface area contributed by atoms with Crippen LogP contribution in [0.4, 0.5) is 0 Å². The average molecular weight is 390 g/mol. The fourth-order valence-electron chi connectivity index (χ4n) is 2.94. The summed E-state index contributed by atoms with van der Waals surface area (Å²) in [6.07, 6.45) is -1.02. The third kappa shape index (κ3) is 4.09. The Labute approximate surface area is 161 Å². The second-order valence-electron chi connectivity index (χ2n) is 6.41. The quantitative estimate of drug-likeness (QED) is 0.795. The lowest BCUT2D eigenvalue weighted by atomic mass is 10.1. The Morgan fingerprint density at radius 1 is 1.32 bits per heavy atom. The molecule has 28 heavy (non-hydrogen) atoms. The Hall–Kier alpha value is -3.07. The zero-order valence-electron chi connectivity index (χ0n) is 15.9. The van der Waals surface area contributed by atoms with E-state index in [1.165, 1.54) is 12.0 Å². The molecule has 0 spiro atoms. The van der Waals surface area contributed by atoms with Gasteiger partial charge in [0.15, 0.2) is 17.6 Å². The number of carbonyl (C=O) groups is 2. The SMILES string of the molecule is COc1cc(C(=O)N2CCO[C@H](C(=O)O)C2)ccc1OCc1c(C)noc1C. The molecule has 0 radical (unpaired) electrons. The summed E-state index contributed by atoms with van der Waals surface area (Å²) >= 11 is 0. The normalized spacial score (nSPS) is 16.7. The van der Waals surface area contributed by atoms with Crippen molar-refractivity contribution in [2.45, 2.75) is 26.6 Å². The van der Waals surface area contributed by atoms with E-state index in [0.717, 1.165) is 11.3 Å². The molecule has 0 saturated carbocycles. The third-order valence-corrected chi connectivity index (χ3v) is 4.59. The molecular formula is C19H22N2O7. The molecule has 0 unspecified atom stereocenters. The summed E-state index contributed by atoms with van der Waals surface area (Å²) in [5.41, 5.74) is 1.99. The first-order chi connectivity index (χ1) is 13.4. The summed E-state index contributed by atoms with van der Waals surface area (Å²) in [5, 5.41) is 13.0. The van der Waals surface area contributed by atoms with Gasteiger partial charge in [0.05, 0.1) is 31.5 Å². The molecule has 9 heteroatoms. The zero-order valence-corrected chi connectivity index (χ0v) is 15.9. The summed E-state index contributed by atoms with van der Waals surface area (Å²) in [4.78, 5) is 25.3. The van der Waals surface area contributed by atoms with Gasteiger partial charge < -0.3 is 28.7 Å². The van der Waals surface area contributed by atoms with Crippen LogP contribution in [0.25, 0.3) is 0 Å². The second-order valence-corrected chi connectivity index (χ2v) is 6.41. The van der Waals surface area contributed by atoms with Crippen molar-refractivity contribution < 1.29 is 33.4 Å². The fourth-order valence-corrected chi connectivity index (χ4v) is 2.94. The first-order valence-corrected chi connectivity index (χ1v) is 8.77. The number of carboxylic acid groups (broad SMARTS) is 1. The van der Waals surface area contributed by atoms with Gasteiger partial charge in [-0.15, -0.1) is 0 Å². The highest BCUT2D eigenvalue weighted by Crippen LogP contribution is 2.30. The fraction of sp³-hybridized carbons (Fsp3) is 0.421. The largest absolute Gasteiger partial charge is 0.493 e. The average Bonchev–Trinajstić information content (AvgIpc) is 3.03. The molecule has 1 atom stereocenters. The van der Waals surface area contributed by atoms with Crippen LogP contribution in [0.5, 0.6) is 11.5 Å². The molecule has 1 N–H and O–H groups in total. The van der Waals surface area contributed by atoms with Crippen molar-refractivity contribution in [3.8, 4) is 11.5 Å². The third-order valence-electron chi connectivity index (χ3n) is 4.59. The van der Waals surface area contributed by atoms with Gasteiger partial charge in [0.25, 0.3) is 5.91 Å². The van der Waals surface area contributed by atoms with Crippen molar-refractivity contribution in [3.05, 3.63) is 40.8 Å². The van der Waals surface area contributed by atoms with Crippen LogP contribution in [0.1, 0.15) is 27.4 Å². The highest BCUT2D eigenvalue weighted by Gasteiger charge is 2.29. The molecule has 1 fully saturated rings. The molecular weight excluding hydrogens is 368 g/mol. The number of carboxylic acids is 1. The van der Waals surface area contributed by atoms with E-state index in [0.29, 0.717) is 29.4 Å². The van der Waals surface area contributed by atoms with Crippen LogP contribution >= 0.6 is 0 Å². The summed E-state index contributed by atoms with van der Waals surface area (Å²) in [5.74, 6) is 0.192. The summed E-state index contributed by atoms with van der Waals surface area (Å²) in [6.45, 7) is 4.41. The van der Waals surface area contributed by atoms with Crippen LogP contribution in [0.3, 0.4) is 0 Å². The van der Waals surface area contributed by atoms with Crippen LogP contribution in [-0.4, -0.2) is 59.9 Å². The van der Waals surface area contributed by atoms with Crippen LogP contribution < -0.4 is 9.47 Å². The van der Waals surface area contributed by atoms with Crippen molar-refractivity contribution in [1.82, 2.24) is 10.1 Å². The zero-order chi connectivity index (χ0) is 20.3. The van der Waals surface area contributed by atoms with Crippen LogP contribution in [0.15, 0.2) is 22.7 Å². The van der Waals surface area contributed by atoms with Gasteiger partial charge in [-0.25, -0.2) is 4.79 Å². The molecule has 2 aromatic rings. The number of hydrogen-bond donors (Lipinski definition) is 1. The topological polar surface area (TPSA) is 111 Å². The summed E-state index contributed by atoms with van der Waals surface area (Å²) in [7, 11) is 1.49. The van der Waals surface area contributed by atoms with Gasteiger partial charge in [-0.05, 0) is 32.0 Å². The van der Waals surface area contributed by atoms with Crippen molar-refractivity contribution in [1.29, 1.82) is 0 Å². The van der Waals surface area contributed by atoms with E-state index in [-0.39, 0.29) is 25.7 Å². The van der Waals surface area contributed by atoms with E-state index in [1.54, 1.807) is 18.2 Å². The van der Waals surface area contributed by atoms with Gasteiger partial charge in [0.1, 0.15) is 12.4 Å². The summed E-state index contributed by atoms with van der Waals surface area (Å²) in [6, 6.07) is 4.86. The molecule has 1 amide bonds. The van der Waals surface area contributed by atoms with Gasteiger partial charge in [-0.1, -0.05) is 5.16 Å². The molecule has 1 aromatic carbocycles. The first kappa shape index (κ1) is 19.7. The lowest BCUT2D eigenvalue weighted by Crippen LogP contribution is -2.48. The number of benzene rings is 1. The molecule has 1 saturated heterocycles. The maximum Gasteiger partial charge on any atom is 0.334 e. The molecule has 0 bridgehead atoms. The van der Waals surface area contributed by atoms with E-state index in [1.807, 2.05) is 13.8 Å². The minimum atomic E-state index is -1.09. The number of aryl methyl sites for hydroxylation is 2. The van der Waals surface area contributed by atoms with Crippen LogP contribution in [0.2, 0.25) is 0 Å². The van der Waals surface area contributed by atoms with Crippen molar-refractivity contribution in [2.75, 3.05) is 26.8 Å². The molecule has 2 heterocycles. The van der Waals surface area contributed by atoms with E-state index in [9.17, 15) is 9.59 Å². The van der Waals surface area contributed by atoms with Gasteiger partial charge in [-0.2, -0.15) is 0 Å². The van der Waals surface area contributed by atoms with E-state index >= 15 is 0 Å². The number of rotatable bonds is 6. The predicted molar refractivity (Wildman–Crippen MR) is 96.6 cm³/mol. The van der Waals surface area contributed by atoms with Crippen molar-refractivity contribution in [3.63, 3.8) is 0 Å². The lowest BCUT2D eigenvalue weighted by molar-refractivity contribution is -0.154. The second kappa shape index (κ2) is 8.30. The highest BCUT2D eigenvalue weighted by atomic mass is 16.5. The molecule has 150 valence electrons. The number of aromatic nitrogens is 1. The molecule has 1 aromatic heterocycles. The Morgan fingerprint density at radius 3 is 2.75 bits per heavy atom. The molecule has 1 aliphatic rings. The first-order valence-electron chi connectivity index (χ1n) is 8.77. The van der Waals surface area contributed by atoms with Gasteiger partial charge in [0.2, 0.25) is 0 Å². The number of morpholine rings is 1. The van der Waals surface area contributed by atoms with E-state index < -0.39 is 12.1 Å². The maximum atomic E-state index is 12.7. The standard InChI is InChI=1S/C19H22N2O7/c1-11-14(12(2)28-20-11)10-27-15-5-4-13(8-16(15)25-3)18(22)21-6-7-26-17(9-21)19(23)24/h4-5,8,17H,6-7,9-10H2,1-3H3,(H,23,24)/t17-/m0/s1. The molecule has 0 aliphatic carbocycles. The van der Waals surface area contributed by atoms with Crippen molar-refractivity contribution in [2.24, 2.45) is 0 Å². The minimum Gasteiger partial charge on any atom is -0.493 e. The maximum absolute atomic E-state index is 12.7. The number of ether oxygens (including phenoxy) is 3. The number of methoxy groups -OCH3 is 1. The number of amides is 1. The highest BCUT2D eigenvalue weighted by molar-refractivity contribution is 5.95. The van der Waals surface area contributed by atoms with Crippen LogP contribution in [0, 0.1) is 13.8 Å². The van der Waals surface area contributed by atoms with Crippen LogP contribution in [-0.2, 0) is 16.1 Å². The molecule has 3 rings (SSSR count). The Morgan fingerprint density at radius 2 is 2.11 bits per heavy atom. The van der Waals surface area contributed by atoms with E-state index in [4.69, 9.17) is 23.8 Å². The van der Waals surface area contributed by atoms with Gasteiger partial charge >= 0.3 is 5.97 Å². The van der Waals surface area contributed by atoms with Gasteiger partial charge in [-0.3, -0.25) is 4.79 Å². The number of nitrogens with zero attached hydrogens (tertiary/aromatic N) is 2. The summed E-state index contributed by atoms with van der Waals surface area (Å²) < 4.78 is 21.5.